The topological polar surface area (TPSA) is 38.9 Å². The van der Waals surface area contributed by atoms with Gasteiger partial charge < -0.3 is 5.73 Å². The van der Waals surface area contributed by atoms with E-state index in [1.165, 1.54) is 43.2 Å². The summed E-state index contributed by atoms with van der Waals surface area (Å²) in [4.78, 5) is 4.49. The Labute approximate surface area is 102 Å². The van der Waals surface area contributed by atoms with E-state index in [0.717, 1.165) is 10.3 Å². The number of hydrogen-bond acceptors (Lipinski definition) is 3. The Hall–Kier alpha value is -0.540. The van der Waals surface area contributed by atoms with Crippen molar-refractivity contribution in [1.29, 1.82) is 0 Å². The summed E-state index contributed by atoms with van der Waals surface area (Å²) in [5, 5.41) is 1.92. The van der Waals surface area contributed by atoms with E-state index in [1.807, 2.05) is 24.0 Å². The molecule has 1 aromatic heterocycles. The van der Waals surface area contributed by atoms with Crippen molar-refractivity contribution in [2.24, 2.45) is 5.73 Å². The van der Waals surface area contributed by atoms with Crippen LogP contribution in [0.2, 0.25) is 0 Å². The van der Waals surface area contributed by atoms with Crippen LogP contribution in [0, 0.1) is 6.92 Å². The van der Waals surface area contributed by atoms with Gasteiger partial charge in [-0.3, -0.25) is 0 Å². The molecule has 3 heteroatoms. The molecule has 2 nitrogen and oxygen atoms in total. The summed E-state index contributed by atoms with van der Waals surface area (Å²) in [6.45, 7) is 2.73. The molecular formula is C13H20N2S. The molecule has 0 bridgehead atoms. The van der Waals surface area contributed by atoms with Gasteiger partial charge in [0.25, 0.3) is 0 Å². The molecule has 0 atom stereocenters. The summed E-state index contributed by atoms with van der Waals surface area (Å²) in [6.07, 6.45) is 8.74. The van der Waals surface area contributed by atoms with Crippen LogP contribution in [0.4, 0.5) is 0 Å². The van der Waals surface area contributed by atoms with Crippen LogP contribution in [0.15, 0.2) is 17.3 Å². The van der Waals surface area contributed by atoms with E-state index < -0.39 is 0 Å². The number of aryl methyl sites for hydroxylation is 1. The summed E-state index contributed by atoms with van der Waals surface area (Å²) in [7, 11) is 0. The highest BCUT2D eigenvalue weighted by molar-refractivity contribution is 7.99. The minimum absolute atomic E-state index is 0.606. The van der Waals surface area contributed by atoms with E-state index in [4.69, 9.17) is 5.73 Å². The SMILES string of the molecule is Cc1ccnc(SC2CCCCC2)c1CN. The van der Waals surface area contributed by atoms with Crippen molar-refractivity contribution in [3.8, 4) is 0 Å². The van der Waals surface area contributed by atoms with Gasteiger partial charge in [-0.25, -0.2) is 4.98 Å². The molecule has 0 saturated heterocycles. The Morgan fingerprint density at radius 3 is 2.81 bits per heavy atom. The van der Waals surface area contributed by atoms with Gasteiger partial charge in [0.2, 0.25) is 0 Å². The molecule has 2 rings (SSSR count). The number of pyridine rings is 1. The predicted octanol–water partition coefficient (Wildman–Crippen LogP) is 3.27. The minimum atomic E-state index is 0.606. The van der Waals surface area contributed by atoms with Gasteiger partial charge in [0.15, 0.2) is 0 Å². The lowest BCUT2D eigenvalue weighted by atomic mass is 10.0. The molecule has 2 N–H and O–H groups in total. The van der Waals surface area contributed by atoms with Crippen LogP contribution in [0.5, 0.6) is 0 Å². The van der Waals surface area contributed by atoms with Gasteiger partial charge in [-0.1, -0.05) is 19.3 Å². The van der Waals surface area contributed by atoms with Crippen LogP contribution in [0.1, 0.15) is 43.2 Å². The zero-order chi connectivity index (χ0) is 11.4. The summed E-state index contributed by atoms with van der Waals surface area (Å²) in [5.41, 5.74) is 8.31. The Morgan fingerprint density at radius 2 is 2.12 bits per heavy atom. The number of rotatable bonds is 3. The highest BCUT2D eigenvalue weighted by Gasteiger charge is 2.17. The number of nitrogens with zero attached hydrogens (tertiary/aromatic N) is 1. The fourth-order valence-corrected chi connectivity index (χ4v) is 3.65. The lowest BCUT2D eigenvalue weighted by Gasteiger charge is -2.21. The fourth-order valence-electron chi connectivity index (χ4n) is 2.25. The molecule has 16 heavy (non-hydrogen) atoms. The van der Waals surface area contributed by atoms with E-state index in [2.05, 4.69) is 11.9 Å². The lowest BCUT2D eigenvalue weighted by molar-refractivity contribution is 0.515. The third-order valence-corrected chi connectivity index (χ3v) is 4.66. The molecule has 0 radical (unpaired) electrons. The maximum absolute atomic E-state index is 5.80. The van der Waals surface area contributed by atoms with Gasteiger partial charge in [0.1, 0.15) is 5.03 Å². The van der Waals surface area contributed by atoms with Gasteiger partial charge in [-0.05, 0) is 31.4 Å². The maximum atomic E-state index is 5.80. The molecule has 0 amide bonds. The van der Waals surface area contributed by atoms with Crippen molar-refractivity contribution < 1.29 is 0 Å². The first-order valence-electron chi connectivity index (χ1n) is 6.12. The maximum Gasteiger partial charge on any atom is 0.101 e. The number of hydrogen-bond donors (Lipinski definition) is 1. The van der Waals surface area contributed by atoms with Gasteiger partial charge in [0, 0.05) is 23.6 Å². The van der Waals surface area contributed by atoms with E-state index in [0.29, 0.717) is 6.54 Å². The first-order valence-corrected chi connectivity index (χ1v) is 7.00. The molecular weight excluding hydrogens is 216 g/mol. The molecule has 0 spiro atoms. The highest BCUT2D eigenvalue weighted by Crippen LogP contribution is 2.34. The standard InChI is InChI=1S/C13H20N2S/c1-10-7-8-15-13(12(10)9-14)16-11-5-3-2-4-6-11/h7-8,11H,2-6,9,14H2,1H3. The van der Waals surface area contributed by atoms with Gasteiger partial charge in [-0.15, -0.1) is 11.8 Å². The van der Waals surface area contributed by atoms with Crippen LogP contribution in [0.3, 0.4) is 0 Å². The fraction of sp³-hybridized carbons (Fsp3) is 0.615. The summed E-state index contributed by atoms with van der Waals surface area (Å²) >= 11 is 1.94. The molecule has 1 saturated carbocycles. The van der Waals surface area contributed by atoms with Gasteiger partial charge in [0.05, 0.1) is 0 Å². The monoisotopic (exact) mass is 236 g/mol. The molecule has 0 aromatic carbocycles. The van der Waals surface area contributed by atoms with E-state index in [9.17, 15) is 0 Å². The van der Waals surface area contributed by atoms with Crippen molar-refractivity contribution in [2.45, 2.75) is 55.8 Å². The van der Waals surface area contributed by atoms with Gasteiger partial charge in [-0.2, -0.15) is 0 Å². The van der Waals surface area contributed by atoms with E-state index in [-0.39, 0.29) is 0 Å². The first kappa shape index (κ1) is 11.9. The molecule has 0 aliphatic heterocycles. The predicted molar refractivity (Wildman–Crippen MR) is 69.6 cm³/mol. The molecule has 0 unspecified atom stereocenters. The average Bonchev–Trinajstić information content (AvgIpc) is 2.31. The molecule has 88 valence electrons. The minimum Gasteiger partial charge on any atom is -0.326 e. The second-order valence-electron chi connectivity index (χ2n) is 4.49. The zero-order valence-corrected chi connectivity index (χ0v) is 10.7. The van der Waals surface area contributed by atoms with Crippen LogP contribution < -0.4 is 5.73 Å². The Bertz CT molecular complexity index is 346. The molecule has 1 fully saturated rings. The zero-order valence-electron chi connectivity index (χ0n) is 9.91. The van der Waals surface area contributed by atoms with Crippen LogP contribution in [0.25, 0.3) is 0 Å². The van der Waals surface area contributed by atoms with Crippen LogP contribution >= 0.6 is 11.8 Å². The third kappa shape index (κ3) is 2.77. The number of nitrogens with two attached hydrogens (primary N) is 1. The van der Waals surface area contributed by atoms with Crippen molar-refractivity contribution >= 4 is 11.8 Å². The average molecular weight is 236 g/mol. The van der Waals surface area contributed by atoms with Crippen LogP contribution in [-0.4, -0.2) is 10.2 Å². The highest BCUT2D eigenvalue weighted by atomic mass is 32.2. The molecule has 1 aliphatic carbocycles. The number of aromatic nitrogens is 1. The second kappa shape index (κ2) is 5.69. The quantitative estimate of drug-likeness (QED) is 0.875. The Balaban J connectivity index is 2.10. The molecule has 1 aliphatic rings. The Kier molecular flexibility index (Phi) is 4.24. The third-order valence-electron chi connectivity index (χ3n) is 3.29. The second-order valence-corrected chi connectivity index (χ2v) is 5.78. The summed E-state index contributed by atoms with van der Waals surface area (Å²) < 4.78 is 0. The normalized spacial score (nSPS) is 17.6. The molecule has 1 heterocycles. The largest absolute Gasteiger partial charge is 0.326 e. The number of thioether (sulfide) groups is 1. The molecule has 1 aromatic rings. The first-order chi connectivity index (χ1) is 7.81. The van der Waals surface area contributed by atoms with Crippen molar-refractivity contribution in [3.63, 3.8) is 0 Å². The van der Waals surface area contributed by atoms with Crippen molar-refractivity contribution in [3.05, 3.63) is 23.4 Å². The summed E-state index contributed by atoms with van der Waals surface area (Å²) in [6, 6.07) is 2.05. The van der Waals surface area contributed by atoms with E-state index >= 15 is 0 Å². The Morgan fingerprint density at radius 1 is 1.38 bits per heavy atom. The van der Waals surface area contributed by atoms with Crippen molar-refractivity contribution in [2.75, 3.05) is 0 Å². The smallest absolute Gasteiger partial charge is 0.101 e. The van der Waals surface area contributed by atoms with Crippen molar-refractivity contribution in [1.82, 2.24) is 4.98 Å². The van der Waals surface area contributed by atoms with Crippen LogP contribution in [-0.2, 0) is 6.54 Å². The lowest BCUT2D eigenvalue weighted by Crippen LogP contribution is -2.10. The van der Waals surface area contributed by atoms with Gasteiger partial charge >= 0.3 is 0 Å². The summed E-state index contributed by atoms with van der Waals surface area (Å²) in [5.74, 6) is 0. The van der Waals surface area contributed by atoms with E-state index in [1.54, 1.807) is 0 Å².